The maximum absolute atomic E-state index is 10.5. The van der Waals surface area contributed by atoms with Gasteiger partial charge in [0.25, 0.3) is 0 Å². The summed E-state index contributed by atoms with van der Waals surface area (Å²) in [5, 5.41) is 11.4. The summed E-state index contributed by atoms with van der Waals surface area (Å²) in [6.07, 6.45) is -0.920. The second-order valence-electron chi connectivity index (χ2n) is 4.28. The molecule has 0 spiro atoms. The van der Waals surface area contributed by atoms with Gasteiger partial charge in [-0.2, -0.15) is 0 Å². The van der Waals surface area contributed by atoms with Crippen LogP contribution in [0.25, 0.3) is 0 Å². The van der Waals surface area contributed by atoms with E-state index in [2.05, 4.69) is 0 Å². The molecule has 0 saturated carbocycles. The summed E-state index contributed by atoms with van der Waals surface area (Å²) >= 11 is 12.2. The van der Waals surface area contributed by atoms with Crippen LogP contribution >= 0.6 is 23.2 Å². The van der Waals surface area contributed by atoms with Crippen molar-refractivity contribution in [1.82, 2.24) is 0 Å². The molecule has 2 aromatic carbocycles. The molecule has 1 N–H and O–H groups in total. The van der Waals surface area contributed by atoms with Gasteiger partial charge in [-0.25, -0.2) is 0 Å². The second-order valence-corrected chi connectivity index (χ2v) is 5.10. The van der Waals surface area contributed by atoms with Crippen molar-refractivity contribution in [2.24, 2.45) is 0 Å². The van der Waals surface area contributed by atoms with Crippen molar-refractivity contribution in [1.29, 1.82) is 0 Å². The minimum atomic E-state index is -0.920. The first kappa shape index (κ1) is 14.2. The molecule has 0 radical (unpaired) electrons. The van der Waals surface area contributed by atoms with Gasteiger partial charge in [0.1, 0.15) is 11.9 Å². The first-order valence-electron chi connectivity index (χ1n) is 5.81. The third-order valence-electron chi connectivity index (χ3n) is 2.95. The van der Waals surface area contributed by atoms with Crippen LogP contribution in [0.15, 0.2) is 36.4 Å². The number of rotatable bonds is 3. The molecule has 4 heteroatoms. The van der Waals surface area contributed by atoms with E-state index in [1.165, 1.54) is 0 Å². The van der Waals surface area contributed by atoms with Crippen LogP contribution < -0.4 is 4.74 Å². The average molecular weight is 297 g/mol. The number of halogens is 2. The number of aryl methyl sites for hydroxylation is 1. The third-order valence-corrected chi connectivity index (χ3v) is 3.61. The van der Waals surface area contributed by atoms with Crippen LogP contribution in [-0.4, -0.2) is 12.2 Å². The van der Waals surface area contributed by atoms with Crippen LogP contribution in [-0.2, 0) is 0 Å². The quantitative estimate of drug-likeness (QED) is 0.910. The smallest absolute Gasteiger partial charge is 0.125 e. The summed E-state index contributed by atoms with van der Waals surface area (Å²) in [4.78, 5) is 0. The summed E-state index contributed by atoms with van der Waals surface area (Å²) < 4.78 is 5.28. The Kier molecular flexibility index (Phi) is 4.35. The van der Waals surface area contributed by atoms with Gasteiger partial charge in [0.15, 0.2) is 0 Å². The van der Waals surface area contributed by atoms with Crippen molar-refractivity contribution in [3.63, 3.8) is 0 Å². The number of hydrogen-bond acceptors (Lipinski definition) is 2. The fourth-order valence-electron chi connectivity index (χ4n) is 1.99. The van der Waals surface area contributed by atoms with Gasteiger partial charge in [0, 0.05) is 21.2 Å². The molecule has 0 saturated heterocycles. The Hall–Kier alpha value is -1.22. The van der Waals surface area contributed by atoms with Gasteiger partial charge in [0.2, 0.25) is 0 Å². The highest BCUT2D eigenvalue weighted by Crippen LogP contribution is 2.37. The lowest BCUT2D eigenvalue weighted by molar-refractivity contribution is 0.215. The highest BCUT2D eigenvalue weighted by Gasteiger charge is 2.20. The molecule has 0 bridgehead atoms. The van der Waals surface area contributed by atoms with E-state index in [0.717, 1.165) is 5.56 Å². The van der Waals surface area contributed by atoms with Gasteiger partial charge in [-0.15, -0.1) is 0 Å². The van der Waals surface area contributed by atoms with E-state index in [1.54, 1.807) is 25.3 Å². The number of hydrogen-bond donors (Lipinski definition) is 1. The lowest BCUT2D eigenvalue weighted by Crippen LogP contribution is -2.04. The Morgan fingerprint density at radius 1 is 1.11 bits per heavy atom. The number of aliphatic hydroxyl groups is 1. The Morgan fingerprint density at radius 2 is 1.74 bits per heavy atom. The zero-order valence-corrected chi connectivity index (χ0v) is 12.2. The monoisotopic (exact) mass is 296 g/mol. The fraction of sp³-hybridized carbons (Fsp3) is 0.200. The minimum absolute atomic E-state index is 0.434. The molecule has 1 unspecified atom stereocenters. The second kappa shape index (κ2) is 5.83. The zero-order valence-electron chi connectivity index (χ0n) is 10.7. The molecule has 0 aliphatic heterocycles. The summed E-state index contributed by atoms with van der Waals surface area (Å²) in [5.41, 5.74) is 2.17. The Bertz CT molecular complexity index is 576. The molecule has 0 fully saturated rings. The minimum Gasteiger partial charge on any atom is -0.496 e. The van der Waals surface area contributed by atoms with E-state index < -0.39 is 6.10 Å². The standard InChI is InChI=1S/C15H14Cl2O2/c1-9-6-7-13(19-2)10(8-9)15(18)14-11(16)4-3-5-12(14)17/h3-8,15,18H,1-2H3. The largest absolute Gasteiger partial charge is 0.496 e. The summed E-state index contributed by atoms with van der Waals surface area (Å²) in [6, 6.07) is 10.8. The molecule has 2 rings (SSSR count). The van der Waals surface area contributed by atoms with Gasteiger partial charge < -0.3 is 9.84 Å². The normalized spacial score (nSPS) is 12.3. The van der Waals surface area contributed by atoms with Crippen LogP contribution in [0.1, 0.15) is 22.8 Å². The molecule has 0 amide bonds. The van der Waals surface area contributed by atoms with E-state index in [4.69, 9.17) is 27.9 Å². The predicted octanol–water partition coefficient (Wildman–Crippen LogP) is 4.39. The molecule has 2 nitrogen and oxygen atoms in total. The van der Waals surface area contributed by atoms with E-state index in [0.29, 0.717) is 26.9 Å². The van der Waals surface area contributed by atoms with E-state index in [1.807, 2.05) is 25.1 Å². The molecular formula is C15H14Cl2O2. The summed E-state index contributed by atoms with van der Waals surface area (Å²) in [7, 11) is 1.56. The number of aliphatic hydroxyl groups excluding tert-OH is 1. The summed E-state index contributed by atoms with van der Waals surface area (Å²) in [6.45, 7) is 1.95. The average Bonchev–Trinajstić information content (AvgIpc) is 2.38. The van der Waals surface area contributed by atoms with Crippen molar-refractivity contribution in [2.45, 2.75) is 13.0 Å². The van der Waals surface area contributed by atoms with Crippen molar-refractivity contribution >= 4 is 23.2 Å². The first-order valence-corrected chi connectivity index (χ1v) is 6.56. The topological polar surface area (TPSA) is 29.5 Å². The van der Waals surface area contributed by atoms with Crippen LogP contribution in [0, 0.1) is 6.92 Å². The molecule has 19 heavy (non-hydrogen) atoms. The molecule has 0 aliphatic carbocycles. The van der Waals surface area contributed by atoms with Crippen molar-refractivity contribution < 1.29 is 9.84 Å². The zero-order chi connectivity index (χ0) is 14.0. The Morgan fingerprint density at radius 3 is 2.32 bits per heavy atom. The van der Waals surface area contributed by atoms with E-state index in [-0.39, 0.29) is 0 Å². The highest BCUT2D eigenvalue weighted by molar-refractivity contribution is 6.36. The molecular weight excluding hydrogens is 283 g/mol. The highest BCUT2D eigenvalue weighted by atomic mass is 35.5. The number of ether oxygens (including phenoxy) is 1. The molecule has 100 valence electrons. The SMILES string of the molecule is COc1ccc(C)cc1C(O)c1c(Cl)cccc1Cl. The predicted molar refractivity (Wildman–Crippen MR) is 78.3 cm³/mol. The molecule has 1 atom stereocenters. The van der Waals surface area contributed by atoms with Gasteiger partial charge in [-0.05, 0) is 31.2 Å². The van der Waals surface area contributed by atoms with Crippen LogP contribution in [0.3, 0.4) is 0 Å². The third kappa shape index (κ3) is 2.86. The van der Waals surface area contributed by atoms with Crippen LogP contribution in [0.5, 0.6) is 5.75 Å². The Balaban J connectivity index is 2.55. The van der Waals surface area contributed by atoms with E-state index >= 15 is 0 Å². The van der Waals surface area contributed by atoms with Crippen LogP contribution in [0.2, 0.25) is 10.0 Å². The first-order chi connectivity index (χ1) is 9.04. The maximum atomic E-state index is 10.5. The molecule has 2 aromatic rings. The van der Waals surface area contributed by atoms with Crippen molar-refractivity contribution in [3.8, 4) is 5.75 Å². The van der Waals surface area contributed by atoms with E-state index in [9.17, 15) is 5.11 Å². The molecule has 0 aliphatic rings. The number of methoxy groups -OCH3 is 1. The molecule has 0 heterocycles. The maximum Gasteiger partial charge on any atom is 0.125 e. The lowest BCUT2D eigenvalue weighted by atomic mass is 9.99. The van der Waals surface area contributed by atoms with Gasteiger partial charge in [-0.3, -0.25) is 0 Å². The molecule has 0 aromatic heterocycles. The lowest BCUT2D eigenvalue weighted by Gasteiger charge is -2.18. The summed E-state index contributed by atoms with van der Waals surface area (Å²) in [5.74, 6) is 0.606. The van der Waals surface area contributed by atoms with Crippen LogP contribution in [0.4, 0.5) is 0 Å². The van der Waals surface area contributed by atoms with Gasteiger partial charge >= 0.3 is 0 Å². The number of benzene rings is 2. The van der Waals surface area contributed by atoms with Gasteiger partial charge in [-0.1, -0.05) is 40.9 Å². The van der Waals surface area contributed by atoms with Crippen molar-refractivity contribution in [2.75, 3.05) is 7.11 Å². The van der Waals surface area contributed by atoms with Crippen molar-refractivity contribution in [3.05, 3.63) is 63.1 Å². The fourth-order valence-corrected chi connectivity index (χ4v) is 2.60. The Labute approximate surface area is 122 Å². The van der Waals surface area contributed by atoms with Gasteiger partial charge in [0.05, 0.1) is 7.11 Å².